The quantitative estimate of drug-likeness (QED) is 0.593. The number of H-pyrrole nitrogens is 1. The number of anilines is 2. The second-order valence-corrected chi connectivity index (χ2v) is 9.22. The Kier molecular flexibility index (Phi) is 5.83. The molecule has 1 amide bonds. The van der Waals surface area contributed by atoms with Crippen molar-refractivity contribution in [2.75, 3.05) is 36.5 Å². The van der Waals surface area contributed by atoms with Crippen LogP contribution in [-0.2, 0) is 23.4 Å². The van der Waals surface area contributed by atoms with E-state index in [1.807, 2.05) is 38.1 Å². The van der Waals surface area contributed by atoms with Gasteiger partial charge in [0.25, 0.3) is 5.91 Å². The van der Waals surface area contributed by atoms with Gasteiger partial charge in [0.05, 0.1) is 24.4 Å². The molecule has 2 aliphatic rings. The van der Waals surface area contributed by atoms with E-state index < -0.39 is 17.2 Å². The summed E-state index contributed by atoms with van der Waals surface area (Å²) in [5, 5.41) is 10.3. The van der Waals surface area contributed by atoms with Crippen molar-refractivity contribution in [3.05, 3.63) is 76.5 Å². The number of carbonyl (C=O) groups is 1. The highest BCUT2D eigenvalue weighted by molar-refractivity contribution is 6.04. The van der Waals surface area contributed by atoms with Crippen LogP contribution in [0.25, 0.3) is 0 Å². The lowest BCUT2D eigenvalue weighted by Crippen LogP contribution is -2.36. The van der Waals surface area contributed by atoms with Gasteiger partial charge in [0, 0.05) is 49.1 Å². The molecule has 2 aliphatic heterocycles. The summed E-state index contributed by atoms with van der Waals surface area (Å²) < 4.78 is 32.7. The number of morpholine rings is 1. The second-order valence-electron chi connectivity index (χ2n) is 9.22. The number of aromatic nitrogens is 2. The van der Waals surface area contributed by atoms with Gasteiger partial charge < -0.3 is 15.0 Å². The normalized spacial score (nSPS) is 17.6. The molecule has 1 saturated heterocycles. The smallest absolute Gasteiger partial charge is 0.256 e. The third-order valence-corrected chi connectivity index (χ3v) is 6.65. The minimum Gasteiger partial charge on any atom is -0.378 e. The van der Waals surface area contributed by atoms with Gasteiger partial charge in [0.15, 0.2) is 5.82 Å². The number of ether oxygens (including phenoxy) is 1. The Morgan fingerprint density at radius 1 is 1.12 bits per heavy atom. The maximum atomic E-state index is 13.7. The van der Waals surface area contributed by atoms with E-state index in [2.05, 4.69) is 25.3 Å². The number of benzene rings is 2. The molecule has 0 saturated carbocycles. The first kappa shape index (κ1) is 22.5. The number of nitrogens with zero attached hydrogens (tertiary/aromatic N) is 3. The molecule has 2 aromatic carbocycles. The molecule has 0 bridgehead atoms. The van der Waals surface area contributed by atoms with Crippen LogP contribution in [0, 0.1) is 11.6 Å². The van der Waals surface area contributed by atoms with Crippen LogP contribution >= 0.6 is 0 Å². The Morgan fingerprint density at radius 2 is 1.79 bits per heavy atom. The zero-order chi connectivity index (χ0) is 23.9. The Labute approximate surface area is 196 Å². The summed E-state index contributed by atoms with van der Waals surface area (Å²) in [6.45, 7) is 7.95. The van der Waals surface area contributed by atoms with Gasteiger partial charge in [-0.05, 0) is 55.8 Å². The summed E-state index contributed by atoms with van der Waals surface area (Å²) >= 11 is 0. The fourth-order valence-electron chi connectivity index (χ4n) is 4.68. The number of carbonyl (C=O) groups excluding carboxylic acids is 1. The molecule has 0 aliphatic carbocycles. The molecular formula is C25H27F2N5O2. The lowest BCUT2D eigenvalue weighted by molar-refractivity contribution is 0.102. The first-order chi connectivity index (χ1) is 16.3. The van der Waals surface area contributed by atoms with Crippen LogP contribution in [0.1, 0.15) is 41.0 Å². The summed E-state index contributed by atoms with van der Waals surface area (Å²) in [7, 11) is 0. The van der Waals surface area contributed by atoms with Gasteiger partial charge in [0.1, 0.15) is 11.6 Å². The average Bonchev–Trinajstić information content (AvgIpc) is 3.32. The van der Waals surface area contributed by atoms with Crippen LogP contribution in [-0.4, -0.2) is 47.3 Å². The lowest BCUT2D eigenvalue weighted by Gasteiger charge is -2.31. The number of aromatic amines is 1. The maximum absolute atomic E-state index is 13.7. The minimum atomic E-state index is -0.597. The number of hydrogen-bond donors (Lipinski definition) is 2. The third kappa shape index (κ3) is 4.28. The molecule has 2 N–H and O–H groups in total. The van der Waals surface area contributed by atoms with Crippen LogP contribution in [0.4, 0.5) is 20.3 Å². The molecule has 7 nitrogen and oxygen atoms in total. The third-order valence-electron chi connectivity index (χ3n) is 6.65. The molecule has 5 rings (SSSR count). The highest BCUT2D eigenvalue weighted by atomic mass is 19.1. The van der Waals surface area contributed by atoms with Crippen molar-refractivity contribution in [1.29, 1.82) is 0 Å². The summed E-state index contributed by atoms with van der Waals surface area (Å²) in [6.07, 6.45) is 0. The Morgan fingerprint density at radius 3 is 2.47 bits per heavy atom. The van der Waals surface area contributed by atoms with Crippen molar-refractivity contribution in [2.24, 2.45) is 0 Å². The highest BCUT2D eigenvalue weighted by Gasteiger charge is 2.41. The largest absolute Gasteiger partial charge is 0.378 e. The minimum absolute atomic E-state index is 0.244. The van der Waals surface area contributed by atoms with E-state index in [4.69, 9.17) is 4.74 Å². The van der Waals surface area contributed by atoms with Gasteiger partial charge in [-0.3, -0.25) is 14.8 Å². The maximum Gasteiger partial charge on any atom is 0.256 e. The van der Waals surface area contributed by atoms with E-state index in [0.29, 0.717) is 43.2 Å². The van der Waals surface area contributed by atoms with Crippen molar-refractivity contribution in [1.82, 2.24) is 15.1 Å². The fraction of sp³-hybridized carbons (Fsp3) is 0.360. The molecule has 1 fully saturated rings. The molecule has 3 aromatic rings. The number of halogens is 2. The summed E-state index contributed by atoms with van der Waals surface area (Å²) in [6, 6.07) is 11.0. The summed E-state index contributed by atoms with van der Waals surface area (Å²) in [5.41, 5.74) is 3.45. The van der Waals surface area contributed by atoms with Gasteiger partial charge in [-0.1, -0.05) is 0 Å². The molecule has 0 spiro atoms. The molecule has 0 unspecified atom stereocenters. The van der Waals surface area contributed by atoms with E-state index in [1.165, 1.54) is 12.1 Å². The molecule has 34 heavy (non-hydrogen) atoms. The molecule has 3 heterocycles. The van der Waals surface area contributed by atoms with E-state index >= 15 is 0 Å². The van der Waals surface area contributed by atoms with Gasteiger partial charge >= 0.3 is 0 Å². The van der Waals surface area contributed by atoms with Crippen LogP contribution in [0.3, 0.4) is 0 Å². The van der Waals surface area contributed by atoms with Gasteiger partial charge in [-0.15, -0.1) is 0 Å². The first-order valence-electron chi connectivity index (χ1n) is 11.3. The standard InChI is InChI=1S/C25H27F2N5O2/c1-25(2)22-21(15-32(25)14-16-11-18(26)13-19(27)12-16)23(30-29-22)28-24(33)17-3-5-20(6-4-17)31-7-9-34-10-8-31/h3-6,11-13H,7-10,14-15H2,1-2H3,(H2,28,29,30,33). The Balaban J connectivity index is 1.30. The number of amides is 1. The molecule has 0 radical (unpaired) electrons. The van der Waals surface area contributed by atoms with Crippen molar-refractivity contribution >= 4 is 17.4 Å². The monoisotopic (exact) mass is 467 g/mol. The highest BCUT2D eigenvalue weighted by Crippen LogP contribution is 2.41. The zero-order valence-electron chi connectivity index (χ0n) is 19.2. The van der Waals surface area contributed by atoms with E-state index in [-0.39, 0.29) is 5.91 Å². The van der Waals surface area contributed by atoms with Crippen molar-refractivity contribution < 1.29 is 18.3 Å². The Hall–Kier alpha value is -3.30. The second kappa shape index (κ2) is 8.81. The number of rotatable bonds is 5. The fourth-order valence-corrected chi connectivity index (χ4v) is 4.68. The molecule has 0 atom stereocenters. The van der Waals surface area contributed by atoms with Gasteiger partial charge in [-0.25, -0.2) is 8.78 Å². The topological polar surface area (TPSA) is 73.5 Å². The zero-order valence-corrected chi connectivity index (χ0v) is 19.2. The predicted molar refractivity (Wildman–Crippen MR) is 125 cm³/mol. The van der Waals surface area contributed by atoms with Crippen LogP contribution in [0.15, 0.2) is 42.5 Å². The van der Waals surface area contributed by atoms with E-state index in [0.717, 1.165) is 36.1 Å². The van der Waals surface area contributed by atoms with Gasteiger partial charge in [0.2, 0.25) is 0 Å². The van der Waals surface area contributed by atoms with Crippen LogP contribution < -0.4 is 10.2 Å². The summed E-state index contributed by atoms with van der Waals surface area (Å²) in [5.74, 6) is -0.968. The number of fused-ring (bicyclic) bond motifs is 1. The van der Waals surface area contributed by atoms with Gasteiger partial charge in [-0.2, -0.15) is 5.10 Å². The summed E-state index contributed by atoms with van der Waals surface area (Å²) in [4.78, 5) is 17.2. The predicted octanol–water partition coefficient (Wildman–Crippen LogP) is 4.03. The van der Waals surface area contributed by atoms with Crippen molar-refractivity contribution in [3.63, 3.8) is 0 Å². The first-order valence-corrected chi connectivity index (χ1v) is 11.3. The van der Waals surface area contributed by atoms with Crippen molar-refractivity contribution in [2.45, 2.75) is 32.5 Å². The average molecular weight is 468 g/mol. The van der Waals surface area contributed by atoms with Crippen LogP contribution in [0.5, 0.6) is 0 Å². The number of hydrogen-bond acceptors (Lipinski definition) is 5. The van der Waals surface area contributed by atoms with Crippen LogP contribution in [0.2, 0.25) is 0 Å². The number of nitrogens with one attached hydrogen (secondary N) is 2. The van der Waals surface area contributed by atoms with Crippen molar-refractivity contribution in [3.8, 4) is 0 Å². The lowest BCUT2D eigenvalue weighted by atomic mass is 10.00. The van der Waals surface area contributed by atoms with E-state index in [9.17, 15) is 13.6 Å². The van der Waals surface area contributed by atoms with E-state index in [1.54, 1.807) is 0 Å². The SMILES string of the molecule is CC1(C)c2[nH]nc(NC(=O)c3ccc(N4CCOCC4)cc3)c2CN1Cc1cc(F)cc(F)c1. The molecule has 1 aromatic heterocycles. The molecular weight excluding hydrogens is 440 g/mol. The molecule has 178 valence electrons. The molecule has 9 heteroatoms. The Bertz CT molecular complexity index is 1180.